The summed E-state index contributed by atoms with van der Waals surface area (Å²) in [6.07, 6.45) is 5.20. The zero-order valence-electron chi connectivity index (χ0n) is 18.6. The predicted molar refractivity (Wildman–Crippen MR) is 112 cm³/mol. The maximum atomic E-state index is 12.8. The molecule has 0 saturated heterocycles. The second-order valence-electron chi connectivity index (χ2n) is 10.7. The molecule has 1 aliphatic carbocycles. The van der Waals surface area contributed by atoms with Gasteiger partial charge in [-0.1, -0.05) is 47.6 Å². The van der Waals surface area contributed by atoms with Gasteiger partial charge in [0.25, 0.3) is 0 Å². The van der Waals surface area contributed by atoms with Crippen LogP contribution in [0.3, 0.4) is 0 Å². The molecule has 3 heteroatoms. The van der Waals surface area contributed by atoms with Crippen molar-refractivity contribution in [3.8, 4) is 5.75 Å². The van der Waals surface area contributed by atoms with E-state index in [1.807, 2.05) is 19.1 Å². The van der Waals surface area contributed by atoms with Crippen molar-refractivity contribution < 1.29 is 14.3 Å². The Bertz CT molecular complexity index is 655. The second kappa shape index (κ2) is 7.85. The molecule has 0 bridgehead atoms. The van der Waals surface area contributed by atoms with E-state index < -0.39 is 0 Å². The van der Waals surface area contributed by atoms with Crippen LogP contribution in [0.25, 0.3) is 0 Å². The lowest BCUT2D eigenvalue weighted by Crippen LogP contribution is -2.28. The van der Waals surface area contributed by atoms with Crippen LogP contribution in [-0.4, -0.2) is 18.7 Å². The van der Waals surface area contributed by atoms with Gasteiger partial charge in [-0.05, 0) is 73.5 Å². The van der Waals surface area contributed by atoms with Gasteiger partial charge >= 0.3 is 5.97 Å². The van der Waals surface area contributed by atoms with Crippen LogP contribution < -0.4 is 4.74 Å². The lowest BCUT2D eigenvalue weighted by molar-refractivity contribution is -0.00636. The molecule has 0 spiro atoms. The number of hydrogen-bond donors (Lipinski definition) is 0. The summed E-state index contributed by atoms with van der Waals surface area (Å²) in [5.74, 6) is 0.719. The van der Waals surface area contributed by atoms with Gasteiger partial charge in [0.1, 0.15) is 16.9 Å². The van der Waals surface area contributed by atoms with Gasteiger partial charge in [-0.15, -0.1) is 0 Å². The third-order valence-electron chi connectivity index (χ3n) is 5.71. The van der Waals surface area contributed by atoms with Crippen LogP contribution in [0.1, 0.15) is 102 Å². The van der Waals surface area contributed by atoms with Crippen LogP contribution in [0.15, 0.2) is 18.2 Å². The van der Waals surface area contributed by atoms with E-state index in [0.717, 1.165) is 32.1 Å². The Morgan fingerprint density at radius 3 is 2.19 bits per heavy atom. The summed E-state index contributed by atoms with van der Waals surface area (Å²) < 4.78 is 11.5. The summed E-state index contributed by atoms with van der Waals surface area (Å²) in [6, 6.07) is 6.00. The lowest BCUT2D eigenvalue weighted by Gasteiger charge is -2.36. The Kier molecular flexibility index (Phi) is 6.33. The van der Waals surface area contributed by atoms with Crippen molar-refractivity contribution in [1.29, 1.82) is 0 Å². The molecule has 1 saturated carbocycles. The van der Waals surface area contributed by atoms with Crippen LogP contribution >= 0.6 is 0 Å². The lowest BCUT2D eigenvalue weighted by atomic mass is 9.69. The first-order valence-electron chi connectivity index (χ1n) is 10.3. The van der Waals surface area contributed by atoms with E-state index in [0.29, 0.717) is 17.2 Å². The number of carbonyl (C=O) groups excluding carboxylic acids is 1. The minimum absolute atomic E-state index is 0.123. The number of carbonyl (C=O) groups is 1. The molecule has 1 aromatic rings. The zero-order valence-corrected chi connectivity index (χ0v) is 18.6. The highest BCUT2D eigenvalue weighted by Crippen LogP contribution is 2.44. The number of rotatable bonds is 5. The Morgan fingerprint density at radius 1 is 1.11 bits per heavy atom. The van der Waals surface area contributed by atoms with Crippen LogP contribution in [0, 0.1) is 10.8 Å². The third kappa shape index (κ3) is 5.73. The van der Waals surface area contributed by atoms with Gasteiger partial charge in [-0.3, -0.25) is 0 Å². The van der Waals surface area contributed by atoms with E-state index in [4.69, 9.17) is 9.47 Å². The Labute approximate surface area is 165 Å². The molecule has 0 radical (unpaired) electrons. The molecule has 0 aliphatic heterocycles. The Morgan fingerprint density at radius 2 is 1.70 bits per heavy atom. The molecule has 0 aromatic heterocycles. The van der Waals surface area contributed by atoms with Gasteiger partial charge in [0.2, 0.25) is 0 Å². The summed E-state index contributed by atoms with van der Waals surface area (Å²) in [4.78, 5) is 12.8. The first-order chi connectivity index (χ1) is 12.3. The summed E-state index contributed by atoms with van der Waals surface area (Å²) in [6.45, 7) is 15.7. The summed E-state index contributed by atoms with van der Waals surface area (Å²) in [5.41, 5.74) is 1.76. The molecule has 152 valence electrons. The molecule has 2 rings (SSSR count). The number of benzene rings is 1. The molecule has 1 unspecified atom stereocenters. The molecule has 0 heterocycles. The van der Waals surface area contributed by atoms with Gasteiger partial charge in [-0.25, -0.2) is 4.79 Å². The number of hydrogen-bond acceptors (Lipinski definition) is 3. The van der Waals surface area contributed by atoms with Crippen molar-refractivity contribution in [3.63, 3.8) is 0 Å². The number of esters is 1. The van der Waals surface area contributed by atoms with Crippen molar-refractivity contribution in [2.45, 2.75) is 92.1 Å². The predicted octanol–water partition coefficient (Wildman–Crippen LogP) is 6.75. The fourth-order valence-corrected chi connectivity index (χ4v) is 4.13. The minimum atomic E-state index is -0.332. The fraction of sp³-hybridized carbons (Fsp3) is 0.708. The topological polar surface area (TPSA) is 35.5 Å². The average Bonchev–Trinajstić information content (AvgIpc) is 2.96. The molecule has 3 nitrogen and oxygen atoms in total. The normalized spacial score (nSPS) is 18.2. The van der Waals surface area contributed by atoms with E-state index >= 15 is 0 Å². The summed E-state index contributed by atoms with van der Waals surface area (Å²) in [7, 11) is 1.63. The number of methoxy groups -OCH3 is 1. The smallest absolute Gasteiger partial charge is 0.342 e. The van der Waals surface area contributed by atoms with Gasteiger partial charge in [0.05, 0.1) is 7.11 Å². The SMILES string of the molecule is COc1cc(C(CC(C)(C)C)C(C)(C)C)ccc1C(=O)OC1(C)CCCC1. The van der Waals surface area contributed by atoms with Crippen molar-refractivity contribution >= 4 is 5.97 Å². The standard InChI is InChI=1S/C24H38O3/c1-22(2,3)16-19(23(4,5)6)17-11-12-18(20(15-17)26-8)21(25)27-24(7)13-9-10-14-24/h11-12,15,19H,9-10,13-14,16H2,1-8H3. The molecular formula is C24H38O3. The Hall–Kier alpha value is -1.51. The maximum absolute atomic E-state index is 12.8. The number of ether oxygens (including phenoxy) is 2. The van der Waals surface area contributed by atoms with Gasteiger partial charge in [-0.2, -0.15) is 0 Å². The average molecular weight is 375 g/mol. The van der Waals surface area contributed by atoms with Gasteiger partial charge in [0.15, 0.2) is 0 Å². The molecule has 1 atom stereocenters. The van der Waals surface area contributed by atoms with Crippen LogP contribution in [0.4, 0.5) is 0 Å². The molecule has 1 aliphatic rings. The van der Waals surface area contributed by atoms with E-state index in [2.05, 4.69) is 47.6 Å². The van der Waals surface area contributed by atoms with Crippen LogP contribution in [0.5, 0.6) is 5.75 Å². The molecular weight excluding hydrogens is 336 g/mol. The first-order valence-corrected chi connectivity index (χ1v) is 10.3. The highest BCUT2D eigenvalue weighted by molar-refractivity contribution is 5.93. The van der Waals surface area contributed by atoms with E-state index in [9.17, 15) is 4.79 Å². The second-order valence-corrected chi connectivity index (χ2v) is 10.7. The minimum Gasteiger partial charge on any atom is -0.496 e. The van der Waals surface area contributed by atoms with Gasteiger partial charge < -0.3 is 9.47 Å². The zero-order chi connectivity index (χ0) is 20.5. The fourth-order valence-electron chi connectivity index (χ4n) is 4.13. The van der Waals surface area contributed by atoms with E-state index in [1.54, 1.807) is 7.11 Å². The monoisotopic (exact) mass is 374 g/mol. The molecule has 1 aromatic carbocycles. The summed E-state index contributed by atoms with van der Waals surface area (Å²) in [5, 5.41) is 0. The van der Waals surface area contributed by atoms with Gasteiger partial charge in [0, 0.05) is 0 Å². The molecule has 0 amide bonds. The largest absolute Gasteiger partial charge is 0.496 e. The van der Waals surface area contributed by atoms with Crippen molar-refractivity contribution in [2.75, 3.05) is 7.11 Å². The van der Waals surface area contributed by atoms with E-state index in [-0.39, 0.29) is 22.4 Å². The molecule has 27 heavy (non-hydrogen) atoms. The van der Waals surface area contributed by atoms with Crippen molar-refractivity contribution in [3.05, 3.63) is 29.3 Å². The highest BCUT2D eigenvalue weighted by atomic mass is 16.6. The molecule has 0 N–H and O–H groups in total. The maximum Gasteiger partial charge on any atom is 0.342 e. The third-order valence-corrected chi connectivity index (χ3v) is 5.71. The van der Waals surface area contributed by atoms with Crippen molar-refractivity contribution in [1.82, 2.24) is 0 Å². The van der Waals surface area contributed by atoms with Crippen LogP contribution in [0.2, 0.25) is 0 Å². The van der Waals surface area contributed by atoms with Crippen LogP contribution in [-0.2, 0) is 4.74 Å². The summed E-state index contributed by atoms with van der Waals surface area (Å²) >= 11 is 0. The highest BCUT2D eigenvalue weighted by Gasteiger charge is 2.35. The first kappa shape index (κ1) is 21.8. The van der Waals surface area contributed by atoms with Crippen molar-refractivity contribution in [2.24, 2.45) is 10.8 Å². The molecule has 1 fully saturated rings. The van der Waals surface area contributed by atoms with E-state index in [1.165, 1.54) is 5.56 Å². The Balaban J connectivity index is 2.32. The quantitative estimate of drug-likeness (QED) is 0.535.